The predicted octanol–water partition coefficient (Wildman–Crippen LogP) is 5.02. The fraction of sp³-hybridized carbons (Fsp3) is 0.226. The highest BCUT2D eigenvalue weighted by molar-refractivity contribution is 5.89. The Hall–Kier alpha value is -4.99. The van der Waals surface area contributed by atoms with Crippen molar-refractivity contribution in [3.8, 4) is 0 Å². The fourth-order valence-corrected chi connectivity index (χ4v) is 4.94. The van der Waals surface area contributed by atoms with Gasteiger partial charge in [-0.25, -0.2) is 14.2 Å². The Morgan fingerprint density at radius 2 is 1.59 bits per heavy atom. The number of carbonyl (C=O) groups excluding carboxylic acids is 1. The Bertz CT molecular complexity index is 1620. The number of anilines is 3. The molecule has 9 nitrogen and oxygen atoms in total. The molecule has 3 aromatic carbocycles. The van der Waals surface area contributed by atoms with Crippen LogP contribution < -0.4 is 15.5 Å². The summed E-state index contributed by atoms with van der Waals surface area (Å²) in [4.78, 5) is 31.1. The van der Waals surface area contributed by atoms with E-state index in [0.29, 0.717) is 56.7 Å². The molecule has 6 rings (SSSR count). The number of halogens is 1. The summed E-state index contributed by atoms with van der Waals surface area (Å²) in [5.41, 5.74) is 4.32. The zero-order valence-corrected chi connectivity index (χ0v) is 22.6. The lowest BCUT2D eigenvalue weighted by molar-refractivity contribution is 0.208. The van der Waals surface area contributed by atoms with Crippen molar-refractivity contribution >= 4 is 34.6 Å². The van der Waals surface area contributed by atoms with Gasteiger partial charge in [-0.3, -0.25) is 0 Å². The van der Waals surface area contributed by atoms with E-state index in [2.05, 4.69) is 44.8 Å². The van der Waals surface area contributed by atoms with Crippen molar-refractivity contribution in [1.29, 1.82) is 0 Å². The minimum atomic E-state index is -0.389. The van der Waals surface area contributed by atoms with Crippen LogP contribution >= 0.6 is 0 Å². The summed E-state index contributed by atoms with van der Waals surface area (Å²) in [5, 5.41) is 6.27. The average molecular weight is 551 g/mol. The van der Waals surface area contributed by atoms with Crippen molar-refractivity contribution < 1.29 is 9.18 Å². The Balaban J connectivity index is 1.20. The van der Waals surface area contributed by atoms with Crippen LogP contribution in [0.4, 0.5) is 26.6 Å². The minimum absolute atomic E-state index is 0.254. The Morgan fingerprint density at radius 1 is 0.854 bits per heavy atom. The zero-order valence-electron chi connectivity index (χ0n) is 22.6. The summed E-state index contributed by atoms with van der Waals surface area (Å²) < 4.78 is 15.6. The van der Waals surface area contributed by atoms with Crippen molar-refractivity contribution in [2.75, 3.05) is 48.3 Å². The number of hydrogen-bond donors (Lipinski definition) is 2. The zero-order chi connectivity index (χ0) is 28.0. The Kier molecular flexibility index (Phi) is 7.70. The van der Waals surface area contributed by atoms with Crippen LogP contribution in [-0.4, -0.2) is 63.2 Å². The van der Waals surface area contributed by atoms with Crippen molar-refractivity contribution in [2.45, 2.75) is 13.0 Å². The maximum Gasteiger partial charge on any atom is 0.321 e. The van der Waals surface area contributed by atoms with E-state index in [1.54, 1.807) is 17.0 Å². The molecule has 2 N–H and O–H groups in total. The molecular weight excluding hydrogens is 519 g/mol. The highest BCUT2D eigenvalue weighted by atomic mass is 19.1. The van der Waals surface area contributed by atoms with E-state index >= 15 is 0 Å². The third-order valence-corrected chi connectivity index (χ3v) is 7.12. The minimum Gasteiger partial charge on any atom is -0.368 e. The van der Waals surface area contributed by atoms with E-state index in [0.717, 1.165) is 23.1 Å². The van der Waals surface area contributed by atoms with Crippen LogP contribution in [0.1, 0.15) is 11.1 Å². The molecular formula is C31H31FN8O. The first-order valence-electron chi connectivity index (χ1n) is 13.7. The van der Waals surface area contributed by atoms with Gasteiger partial charge in [-0.1, -0.05) is 66.7 Å². The van der Waals surface area contributed by atoms with Crippen molar-refractivity contribution in [1.82, 2.24) is 24.4 Å². The molecule has 0 spiro atoms. The van der Waals surface area contributed by atoms with Crippen molar-refractivity contribution in [3.05, 3.63) is 108 Å². The topological polar surface area (TPSA) is 91.2 Å². The predicted molar refractivity (Wildman–Crippen MR) is 159 cm³/mol. The molecule has 0 atom stereocenters. The molecule has 0 saturated carbocycles. The highest BCUT2D eigenvalue weighted by Crippen LogP contribution is 2.24. The second-order valence-electron chi connectivity index (χ2n) is 9.98. The normalized spacial score (nSPS) is 13.4. The fourth-order valence-electron chi connectivity index (χ4n) is 4.94. The lowest BCUT2D eigenvalue weighted by atomic mass is 10.1. The van der Waals surface area contributed by atoms with Gasteiger partial charge < -0.3 is 25.0 Å². The van der Waals surface area contributed by atoms with Gasteiger partial charge in [-0.05, 0) is 35.7 Å². The SMILES string of the molecule is O=C(Nc1cccc(F)c1)N1CCN(c2nc(NCCc3ccccc3)c3ncn(Cc4ccccc4)c3n2)CC1. The van der Waals surface area contributed by atoms with Gasteiger partial charge in [0.25, 0.3) is 0 Å². The number of fused-ring (bicyclic) bond motifs is 1. The number of hydrogen-bond acceptors (Lipinski definition) is 6. The molecule has 3 heterocycles. The number of benzene rings is 3. The number of rotatable bonds is 8. The van der Waals surface area contributed by atoms with E-state index in [9.17, 15) is 9.18 Å². The van der Waals surface area contributed by atoms with Crippen LogP contribution in [0.2, 0.25) is 0 Å². The summed E-state index contributed by atoms with van der Waals surface area (Å²) in [7, 11) is 0. The summed E-state index contributed by atoms with van der Waals surface area (Å²) in [6, 6.07) is 26.2. The Morgan fingerprint density at radius 3 is 2.32 bits per heavy atom. The summed E-state index contributed by atoms with van der Waals surface area (Å²) in [5.74, 6) is 0.901. The summed E-state index contributed by atoms with van der Waals surface area (Å²) in [6.45, 7) is 3.46. The van der Waals surface area contributed by atoms with Gasteiger partial charge in [0.15, 0.2) is 17.0 Å². The van der Waals surface area contributed by atoms with Gasteiger partial charge >= 0.3 is 6.03 Å². The molecule has 2 amide bonds. The van der Waals surface area contributed by atoms with Gasteiger partial charge in [0.2, 0.25) is 5.95 Å². The number of nitrogens with zero attached hydrogens (tertiary/aromatic N) is 6. The maximum atomic E-state index is 13.5. The number of nitrogens with one attached hydrogen (secondary N) is 2. The first-order chi connectivity index (χ1) is 20.1. The summed E-state index contributed by atoms with van der Waals surface area (Å²) >= 11 is 0. The average Bonchev–Trinajstić information content (AvgIpc) is 3.41. The van der Waals surface area contributed by atoms with E-state index in [-0.39, 0.29) is 11.8 Å². The molecule has 0 bridgehead atoms. The molecule has 1 saturated heterocycles. The van der Waals surface area contributed by atoms with Crippen LogP contribution in [0.5, 0.6) is 0 Å². The van der Waals surface area contributed by atoms with Gasteiger partial charge in [-0.15, -0.1) is 0 Å². The van der Waals surface area contributed by atoms with Gasteiger partial charge in [-0.2, -0.15) is 9.97 Å². The lowest BCUT2D eigenvalue weighted by Crippen LogP contribution is -2.50. The van der Waals surface area contributed by atoms with Crippen LogP contribution in [0.15, 0.2) is 91.3 Å². The Labute approximate surface area is 237 Å². The number of imidazole rings is 1. The quantitative estimate of drug-likeness (QED) is 0.282. The van der Waals surface area contributed by atoms with Crippen LogP contribution in [0.25, 0.3) is 11.2 Å². The smallest absolute Gasteiger partial charge is 0.321 e. The van der Waals surface area contributed by atoms with Gasteiger partial charge in [0.05, 0.1) is 12.9 Å². The number of urea groups is 1. The van der Waals surface area contributed by atoms with Crippen LogP contribution in [0.3, 0.4) is 0 Å². The van der Waals surface area contributed by atoms with Crippen molar-refractivity contribution in [2.24, 2.45) is 0 Å². The molecule has 0 radical (unpaired) electrons. The van der Waals surface area contributed by atoms with Crippen LogP contribution in [-0.2, 0) is 13.0 Å². The monoisotopic (exact) mass is 550 g/mol. The maximum absolute atomic E-state index is 13.5. The first kappa shape index (κ1) is 26.2. The van der Waals surface area contributed by atoms with E-state index in [1.165, 1.54) is 17.7 Å². The highest BCUT2D eigenvalue weighted by Gasteiger charge is 2.24. The molecule has 10 heteroatoms. The molecule has 5 aromatic rings. The molecule has 0 aliphatic carbocycles. The summed E-state index contributed by atoms with van der Waals surface area (Å²) in [6.07, 6.45) is 2.67. The molecule has 1 fully saturated rings. The molecule has 2 aromatic heterocycles. The molecule has 0 unspecified atom stereocenters. The van der Waals surface area contributed by atoms with Crippen molar-refractivity contribution in [3.63, 3.8) is 0 Å². The molecule has 41 heavy (non-hydrogen) atoms. The van der Waals surface area contributed by atoms with Gasteiger partial charge in [0.1, 0.15) is 5.82 Å². The largest absolute Gasteiger partial charge is 0.368 e. The molecule has 1 aliphatic rings. The standard InChI is InChI=1S/C31H31FN8O/c32-25-12-7-13-26(20-25)35-31(41)39-18-16-38(17-19-39)30-36-28(33-15-14-23-8-3-1-4-9-23)27-29(37-30)40(22-34-27)21-24-10-5-2-6-11-24/h1-13,20,22H,14-19,21H2,(H,35,41)(H,33,36,37). The molecule has 208 valence electrons. The second-order valence-corrected chi connectivity index (χ2v) is 9.98. The first-order valence-corrected chi connectivity index (χ1v) is 13.7. The third kappa shape index (κ3) is 6.27. The van der Waals surface area contributed by atoms with E-state index < -0.39 is 0 Å². The molecule has 1 aliphatic heterocycles. The van der Waals surface area contributed by atoms with Crippen LogP contribution in [0, 0.1) is 5.82 Å². The van der Waals surface area contributed by atoms with E-state index in [4.69, 9.17) is 9.97 Å². The second kappa shape index (κ2) is 12.0. The third-order valence-electron chi connectivity index (χ3n) is 7.12. The number of amides is 2. The number of carbonyl (C=O) groups is 1. The van der Waals surface area contributed by atoms with E-state index in [1.807, 2.05) is 47.3 Å². The lowest BCUT2D eigenvalue weighted by Gasteiger charge is -2.34. The number of aromatic nitrogens is 4. The van der Waals surface area contributed by atoms with Gasteiger partial charge in [0, 0.05) is 38.4 Å². The number of piperazine rings is 1.